The van der Waals surface area contributed by atoms with Gasteiger partial charge in [-0.05, 0) is 48.6 Å². The molecule has 1 aromatic carbocycles. The number of benzene rings is 1. The van der Waals surface area contributed by atoms with Crippen molar-refractivity contribution in [1.29, 1.82) is 0 Å². The van der Waals surface area contributed by atoms with Crippen LogP contribution in [0.4, 0.5) is 0 Å². The summed E-state index contributed by atoms with van der Waals surface area (Å²) in [4.78, 5) is 4.44. The molecule has 2 aromatic rings. The van der Waals surface area contributed by atoms with Crippen LogP contribution in [0.25, 0.3) is 11.1 Å². The van der Waals surface area contributed by atoms with Gasteiger partial charge in [0.25, 0.3) is 0 Å². The molecule has 108 valence electrons. The lowest BCUT2D eigenvalue weighted by molar-refractivity contribution is 0.505. The Morgan fingerprint density at radius 2 is 2.14 bits per heavy atom. The van der Waals surface area contributed by atoms with E-state index in [1.165, 1.54) is 24.8 Å². The Bertz CT molecular complexity index is 688. The van der Waals surface area contributed by atoms with Crippen molar-refractivity contribution < 1.29 is 0 Å². The maximum atomic E-state index is 6.33. The summed E-state index contributed by atoms with van der Waals surface area (Å²) in [6, 6.07) is 11.8. The van der Waals surface area contributed by atoms with E-state index >= 15 is 0 Å². The smallest absolute Gasteiger partial charge is 0.136 e. The molecule has 0 spiro atoms. The topological polar surface area (TPSA) is 24.9 Å². The molecule has 21 heavy (non-hydrogen) atoms. The number of nitrogens with one attached hydrogen (secondary N) is 1. The zero-order valence-corrected chi connectivity index (χ0v) is 13.9. The molecule has 1 aromatic heterocycles. The van der Waals surface area contributed by atoms with Crippen molar-refractivity contribution in [3.05, 3.63) is 51.7 Å². The molecule has 3 heterocycles. The molecule has 2 aliphatic rings. The third-order valence-corrected chi connectivity index (χ3v) is 5.52. The lowest BCUT2D eigenvalue weighted by Crippen LogP contribution is -2.21. The summed E-state index contributed by atoms with van der Waals surface area (Å²) in [6.07, 6.45) is 5.79. The normalized spacial score (nSPS) is 27.2. The Kier molecular flexibility index (Phi) is 3.52. The highest BCUT2D eigenvalue weighted by molar-refractivity contribution is 9.10. The number of aromatic nitrogens is 1. The third kappa shape index (κ3) is 2.52. The van der Waals surface area contributed by atoms with Crippen molar-refractivity contribution >= 4 is 27.5 Å². The molecule has 2 aliphatic heterocycles. The van der Waals surface area contributed by atoms with Gasteiger partial charge in [0.2, 0.25) is 0 Å². The highest BCUT2D eigenvalue weighted by Crippen LogP contribution is 2.41. The lowest BCUT2D eigenvalue weighted by Gasteiger charge is -2.21. The van der Waals surface area contributed by atoms with Crippen LogP contribution < -0.4 is 5.32 Å². The van der Waals surface area contributed by atoms with Crippen LogP contribution in [-0.4, -0.2) is 17.1 Å². The molecule has 0 saturated carbocycles. The van der Waals surface area contributed by atoms with Gasteiger partial charge in [-0.2, -0.15) is 0 Å². The molecule has 3 unspecified atom stereocenters. The zero-order valence-electron chi connectivity index (χ0n) is 11.5. The Labute approximate surface area is 138 Å². The van der Waals surface area contributed by atoms with Crippen molar-refractivity contribution in [1.82, 2.24) is 10.3 Å². The van der Waals surface area contributed by atoms with E-state index in [1.807, 2.05) is 18.3 Å². The fourth-order valence-electron chi connectivity index (χ4n) is 3.72. The largest absolute Gasteiger partial charge is 0.311 e. The summed E-state index contributed by atoms with van der Waals surface area (Å²) in [6.45, 7) is 0. The molecule has 0 radical (unpaired) electrons. The van der Waals surface area contributed by atoms with Crippen LogP contribution in [0.2, 0.25) is 5.15 Å². The first-order valence-electron chi connectivity index (χ1n) is 7.38. The molecule has 0 aliphatic carbocycles. The first-order chi connectivity index (χ1) is 10.2. The minimum absolute atomic E-state index is 0.577. The van der Waals surface area contributed by atoms with E-state index in [2.05, 4.69) is 44.4 Å². The summed E-state index contributed by atoms with van der Waals surface area (Å²) >= 11 is 9.85. The van der Waals surface area contributed by atoms with Gasteiger partial charge in [0.15, 0.2) is 0 Å². The molecular formula is C17H16BrClN2. The zero-order chi connectivity index (χ0) is 14.4. The van der Waals surface area contributed by atoms with Crippen molar-refractivity contribution in [2.45, 2.75) is 37.3 Å². The maximum absolute atomic E-state index is 6.33. The number of pyridine rings is 1. The molecule has 1 N–H and O–H groups in total. The van der Waals surface area contributed by atoms with E-state index in [1.54, 1.807) is 0 Å². The van der Waals surface area contributed by atoms with Gasteiger partial charge < -0.3 is 5.32 Å². The summed E-state index contributed by atoms with van der Waals surface area (Å²) in [7, 11) is 0. The number of nitrogens with zero attached hydrogens (tertiary/aromatic N) is 1. The van der Waals surface area contributed by atoms with Gasteiger partial charge in [-0.1, -0.05) is 39.7 Å². The molecule has 4 heteroatoms. The van der Waals surface area contributed by atoms with Gasteiger partial charge in [0.05, 0.1) is 0 Å². The van der Waals surface area contributed by atoms with E-state index < -0.39 is 0 Å². The molecule has 2 fully saturated rings. The van der Waals surface area contributed by atoms with Crippen molar-refractivity contribution in [3.63, 3.8) is 0 Å². The molecule has 3 atom stereocenters. The highest BCUT2D eigenvalue weighted by Gasteiger charge is 2.39. The van der Waals surface area contributed by atoms with E-state index in [4.69, 9.17) is 11.6 Å². The van der Waals surface area contributed by atoms with Crippen LogP contribution in [-0.2, 0) is 0 Å². The summed E-state index contributed by atoms with van der Waals surface area (Å²) in [5.41, 5.74) is 3.45. The molecule has 2 bridgehead atoms. The van der Waals surface area contributed by atoms with Crippen LogP contribution in [0.15, 0.2) is 41.0 Å². The van der Waals surface area contributed by atoms with Crippen LogP contribution in [0.1, 0.15) is 30.7 Å². The van der Waals surface area contributed by atoms with E-state index in [9.17, 15) is 0 Å². The van der Waals surface area contributed by atoms with Crippen LogP contribution in [0.3, 0.4) is 0 Å². The second-order valence-electron chi connectivity index (χ2n) is 6.01. The molecular weight excluding hydrogens is 348 g/mol. The number of fused-ring (bicyclic) bond motifs is 2. The summed E-state index contributed by atoms with van der Waals surface area (Å²) in [5.74, 6) is 0.583. The lowest BCUT2D eigenvalue weighted by atomic mass is 9.84. The number of halogens is 2. The standard InChI is InChI=1S/C17H16BrClN2/c18-12-3-1-2-10(6-12)15-7-11(9-20-17(15)19)14-8-13-4-5-16(14)21-13/h1-3,6-7,9,13-14,16,21H,4-5,8H2. The van der Waals surface area contributed by atoms with Gasteiger partial charge in [0, 0.05) is 34.2 Å². The molecule has 0 amide bonds. The van der Waals surface area contributed by atoms with Crippen molar-refractivity contribution in [2.75, 3.05) is 0 Å². The summed E-state index contributed by atoms with van der Waals surface area (Å²) < 4.78 is 1.06. The fraction of sp³-hybridized carbons (Fsp3) is 0.353. The van der Waals surface area contributed by atoms with Gasteiger partial charge in [-0.25, -0.2) is 4.98 Å². The van der Waals surface area contributed by atoms with E-state index in [0.717, 1.165) is 15.6 Å². The van der Waals surface area contributed by atoms with Gasteiger partial charge in [0.1, 0.15) is 5.15 Å². The Hall–Kier alpha value is -0.900. The highest BCUT2D eigenvalue weighted by atomic mass is 79.9. The minimum atomic E-state index is 0.577. The quantitative estimate of drug-likeness (QED) is 0.777. The van der Waals surface area contributed by atoms with Gasteiger partial charge >= 0.3 is 0 Å². The minimum Gasteiger partial charge on any atom is -0.311 e. The first-order valence-corrected chi connectivity index (χ1v) is 8.55. The SMILES string of the molecule is Clc1ncc(C2CC3CCC2N3)cc1-c1cccc(Br)c1. The van der Waals surface area contributed by atoms with Gasteiger partial charge in [-0.15, -0.1) is 0 Å². The van der Waals surface area contributed by atoms with Crippen LogP contribution >= 0.6 is 27.5 Å². The molecule has 2 saturated heterocycles. The van der Waals surface area contributed by atoms with Crippen molar-refractivity contribution in [2.24, 2.45) is 0 Å². The predicted molar refractivity (Wildman–Crippen MR) is 89.7 cm³/mol. The maximum Gasteiger partial charge on any atom is 0.136 e. The van der Waals surface area contributed by atoms with Crippen molar-refractivity contribution in [3.8, 4) is 11.1 Å². The van der Waals surface area contributed by atoms with Gasteiger partial charge in [-0.3, -0.25) is 0 Å². The predicted octanol–water partition coefficient (Wildman–Crippen LogP) is 4.77. The Morgan fingerprint density at radius 3 is 2.86 bits per heavy atom. The van der Waals surface area contributed by atoms with Crippen LogP contribution in [0, 0.1) is 0 Å². The number of hydrogen-bond acceptors (Lipinski definition) is 2. The number of hydrogen-bond donors (Lipinski definition) is 1. The summed E-state index contributed by atoms with van der Waals surface area (Å²) in [5, 5.41) is 4.27. The second-order valence-corrected chi connectivity index (χ2v) is 7.28. The fourth-order valence-corrected chi connectivity index (χ4v) is 4.33. The van der Waals surface area contributed by atoms with E-state index in [-0.39, 0.29) is 0 Å². The number of rotatable bonds is 2. The Balaban J connectivity index is 1.73. The third-order valence-electron chi connectivity index (χ3n) is 4.72. The second kappa shape index (κ2) is 5.38. The Morgan fingerprint density at radius 1 is 1.24 bits per heavy atom. The van der Waals surface area contributed by atoms with Crippen LogP contribution in [0.5, 0.6) is 0 Å². The monoisotopic (exact) mass is 362 g/mol. The molecule has 2 nitrogen and oxygen atoms in total. The average molecular weight is 364 g/mol. The van der Waals surface area contributed by atoms with E-state index in [0.29, 0.717) is 23.2 Å². The first kappa shape index (κ1) is 13.7. The molecule has 4 rings (SSSR count). The average Bonchev–Trinajstić information content (AvgIpc) is 3.10.